The zero-order valence-corrected chi connectivity index (χ0v) is 16.4. The molecule has 0 aliphatic heterocycles. The van der Waals surface area contributed by atoms with Crippen molar-refractivity contribution < 1.29 is 9.84 Å². The zero-order chi connectivity index (χ0) is 20.1. The molecule has 0 aliphatic rings. The molecule has 28 heavy (non-hydrogen) atoms. The van der Waals surface area contributed by atoms with Crippen LogP contribution in [0.1, 0.15) is 12.5 Å². The van der Waals surface area contributed by atoms with Gasteiger partial charge in [0.05, 0.1) is 24.4 Å². The van der Waals surface area contributed by atoms with Gasteiger partial charge < -0.3 is 14.7 Å². The van der Waals surface area contributed by atoms with Crippen LogP contribution in [0.4, 0.5) is 0 Å². The predicted octanol–water partition coefficient (Wildman–Crippen LogP) is 3.08. The van der Waals surface area contributed by atoms with Gasteiger partial charge in [0.1, 0.15) is 5.75 Å². The van der Waals surface area contributed by atoms with E-state index in [0.29, 0.717) is 40.9 Å². The number of benzene rings is 2. The molecule has 6 heteroatoms. The molecule has 0 atom stereocenters. The molecule has 3 rings (SSSR count). The largest absolute Gasteiger partial charge is 0.494 e. The molecular weight excluding hydrogens is 354 g/mol. The fourth-order valence-electron chi connectivity index (χ4n) is 3.00. The molecule has 0 bridgehead atoms. The van der Waals surface area contributed by atoms with Crippen LogP contribution < -0.4 is 10.3 Å². The second kappa shape index (κ2) is 8.71. The number of aromatic nitrogens is 1. The summed E-state index contributed by atoms with van der Waals surface area (Å²) in [4.78, 5) is 19.5. The molecular formula is C22H25N3O3. The number of likely N-dealkylation sites (N-methyl/N-ethyl adjacent to an activating group) is 1. The molecule has 0 aliphatic carbocycles. The SMILES string of the molecule is CCOc1ccc(-n2c(O)c(C=NCCN(C)C)c3ccccc3c2=O)cc1. The van der Waals surface area contributed by atoms with Crippen LogP contribution in [0.25, 0.3) is 16.5 Å². The van der Waals surface area contributed by atoms with Gasteiger partial charge in [-0.15, -0.1) is 0 Å². The molecule has 1 heterocycles. The third-order valence-corrected chi connectivity index (χ3v) is 4.41. The third-order valence-electron chi connectivity index (χ3n) is 4.41. The molecule has 0 radical (unpaired) electrons. The van der Waals surface area contributed by atoms with Crippen LogP contribution in [0.3, 0.4) is 0 Å². The summed E-state index contributed by atoms with van der Waals surface area (Å²) in [7, 11) is 3.96. The summed E-state index contributed by atoms with van der Waals surface area (Å²) in [5.41, 5.74) is 0.824. The van der Waals surface area contributed by atoms with Crippen LogP contribution >= 0.6 is 0 Å². The highest BCUT2D eigenvalue weighted by atomic mass is 16.5. The Morgan fingerprint density at radius 1 is 1.11 bits per heavy atom. The van der Waals surface area contributed by atoms with E-state index in [1.807, 2.05) is 44.1 Å². The van der Waals surface area contributed by atoms with Crippen molar-refractivity contribution in [1.29, 1.82) is 0 Å². The Morgan fingerprint density at radius 3 is 2.43 bits per heavy atom. The Labute approximate surface area is 164 Å². The molecule has 0 amide bonds. The normalized spacial score (nSPS) is 11.6. The summed E-state index contributed by atoms with van der Waals surface area (Å²) in [6.45, 7) is 3.88. The van der Waals surface area contributed by atoms with Gasteiger partial charge in [0.15, 0.2) is 0 Å². The number of pyridine rings is 1. The van der Waals surface area contributed by atoms with Gasteiger partial charge >= 0.3 is 0 Å². The number of aliphatic imine (C=N–C) groups is 1. The molecule has 6 nitrogen and oxygen atoms in total. The number of rotatable bonds is 7. The summed E-state index contributed by atoms with van der Waals surface area (Å²) < 4.78 is 6.77. The van der Waals surface area contributed by atoms with E-state index in [1.165, 1.54) is 4.57 Å². The molecule has 0 saturated heterocycles. The van der Waals surface area contributed by atoms with Crippen LogP contribution in [0.5, 0.6) is 11.6 Å². The number of aromatic hydroxyl groups is 1. The number of hydrogen-bond donors (Lipinski definition) is 1. The maximum absolute atomic E-state index is 13.1. The lowest BCUT2D eigenvalue weighted by Gasteiger charge is -2.14. The summed E-state index contributed by atoms with van der Waals surface area (Å²) >= 11 is 0. The molecule has 0 fully saturated rings. The number of fused-ring (bicyclic) bond motifs is 1. The fourth-order valence-corrected chi connectivity index (χ4v) is 3.00. The molecule has 1 N–H and O–H groups in total. The first kappa shape index (κ1) is 19.6. The zero-order valence-electron chi connectivity index (χ0n) is 16.4. The third kappa shape index (κ3) is 4.07. The van der Waals surface area contributed by atoms with Gasteiger partial charge in [0, 0.05) is 23.5 Å². The van der Waals surface area contributed by atoms with Gasteiger partial charge in [-0.2, -0.15) is 0 Å². The first-order chi connectivity index (χ1) is 13.5. The van der Waals surface area contributed by atoms with Crippen molar-refractivity contribution in [2.45, 2.75) is 6.92 Å². The summed E-state index contributed by atoms with van der Waals surface area (Å²) in [5, 5.41) is 12.1. The number of ether oxygens (including phenoxy) is 1. The van der Waals surface area contributed by atoms with E-state index in [9.17, 15) is 9.90 Å². The van der Waals surface area contributed by atoms with Crippen molar-refractivity contribution in [1.82, 2.24) is 9.47 Å². The van der Waals surface area contributed by atoms with Crippen molar-refractivity contribution in [2.75, 3.05) is 33.8 Å². The van der Waals surface area contributed by atoms with Gasteiger partial charge in [-0.1, -0.05) is 18.2 Å². The molecule has 0 spiro atoms. The van der Waals surface area contributed by atoms with Crippen LogP contribution in [-0.2, 0) is 0 Å². The van der Waals surface area contributed by atoms with Gasteiger partial charge in [0.25, 0.3) is 5.56 Å². The maximum atomic E-state index is 13.1. The molecule has 3 aromatic rings. The van der Waals surface area contributed by atoms with Gasteiger partial charge in [-0.25, -0.2) is 4.57 Å². The Kier molecular flexibility index (Phi) is 6.11. The quantitative estimate of drug-likeness (QED) is 0.641. The Balaban J connectivity index is 2.13. The number of hydrogen-bond acceptors (Lipinski definition) is 5. The van der Waals surface area contributed by atoms with Crippen LogP contribution in [0.2, 0.25) is 0 Å². The van der Waals surface area contributed by atoms with Gasteiger partial charge in [-0.3, -0.25) is 9.79 Å². The van der Waals surface area contributed by atoms with E-state index < -0.39 is 0 Å². The molecule has 146 valence electrons. The van der Waals surface area contributed by atoms with Crippen molar-refractivity contribution in [2.24, 2.45) is 4.99 Å². The molecule has 2 aromatic carbocycles. The minimum absolute atomic E-state index is 0.124. The van der Waals surface area contributed by atoms with Crippen LogP contribution in [0.15, 0.2) is 58.3 Å². The van der Waals surface area contributed by atoms with Crippen LogP contribution in [-0.4, -0.2) is 54.6 Å². The first-order valence-electron chi connectivity index (χ1n) is 9.27. The Bertz CT molecular complexity index is 1040. The van der Waals surface area contributed by atoms with E-state index in [-0.39, 0.29) is 11.4 Å². The lowest BCUT2D eigenvalue weighted by atomic mass is 10.1. The molecule has 0 unspecified atom stereocenters. The summed E-state index contributed by atoms with van der Waals surface area (Å²) in [6, 6.07) is 14.3. The minimum Gasteiger partial charge on any atom is -0.494 e. The van der Waals surface area contributed by atoms with Crippen molar-refractivity contribution in [3.05, 3.63) is 64.4 Å². The van der Waals surface area contributed by atoms with E-state index in [0.717, 1.165) is 6.54 Å². The highest BCUT2D eigenvalue weighted by Crippen LogP contribution is 2.26. The smallest absolute Gasteiger partial charge is 0.265 e. The highest BCUT2D eigenvalue weighted by molar-refractivity contribution is 6.01. The van der Waals surface area contributed by atoms with E-state index >= 15 is 0 Å². The fraction of sp³-hybridized carbons (Fsp3) is 0.273. The second-order valence-corrected chi connectivity index (χ2v) is 6.69. The standard InChI is InChI=1S/C22H25N3O3/c1-4-28-17-11-9-16(10-12-17)25-21(26)19-8-6-5-7-18(19)20(22(25)27)15-23-13-14-24(2)3/h5-12,15,27H,4,13-14H2,1-3H3. The van der Waals surface area contributed by atoms with Crippen LogP contribution in [0, 0.1) is 0 Å². The maximum Gasteiger partial charge on any atom is 0.265 e. The minimum atomic E-state index is -0.275. The monoisotopic (exact) mass is 379 g/mol. The van der Waals surface area contributed by atoms with Crippen molar-refractivity contribution >= 4 is 17.0 Å². The topological polar surface area (TPSA) is 67.1 Å². The summed E-state index contributed by atoms with van der Waals surface area (Å²) in [6.07, 6.45) is 1.64. The molecule has 1 aromatic heterocycles. The average Bonchev–Trinajstić information content (AvgIpc) is 2.69. The molecule has 0 saturated carbocycles. The highest BCUT2D eigenvalue weighted by Gasteiger charge is 2.16. The van der Waals surface area contributed by atoms with Crippen molar-refractivity contribution in [3.63, 3.8) is 0 Å². The lowest BCUT2D eigenvalue weighted by molar-refractivity contribution is 0.340. The average molecular weight is 379 g/mol. The van der Waals surface area contributed by atoms with E-state index in [1.54, 1.807) is 36.5 Å². The lowest BCUT2D eigenvalue weighted by Crippen LogP contribution is -2.20. The Morgan fingerprint density at radius 2 is 1.79 bits per heavy atom. The second-order valence-electron chi connectivity index (χ2n) is 6.69. The van der Waals surface area contributed by atoms with Gasteiger partial charge in [0.2, 0.25) is 5.88 Å². The number of nitrogens with zero attached hydrogens (tertiary/aromatic N) is 3. The van der Waals surface area contributed by atoms with E-state index in [2.05, 4.69) is 4.99 Å². The van der Waals surface area contributed by atoms with E-state index in [4.69, 9.17) is 4.74 Å². The Hall–Kier alpha value is -3.12. The summed E-state index contributed by atoms with van der Waals surface area (Å²) in [5.74, 6) is 0.589. The van der Waals surface area contributed by atoms with Gasteiger partial charge in [-0.05, 0) is 51.4 Å². The van der Waals surface area contributed by atoms with Crippen molar-refractivity contribution in [3.8, 4) is 17.3 Å². The first-order valence-corrected chi connectivity index (χ1v) is 9.27. The predicted molar refractivity (Wildman–Crippen MR) is 113 cm³/mol.